The molecule has 0 saturated heterocycles. The lowest BCUT2D eigenvalue weighted by Gasteiger charge is -2.37. The van der Waals surface area contributed by atoms with Crippen molar-refractivity contribution in [2.75, 3.05) is 0 Å². The molecule has 0 fully saturated rings. The van der Waals surface area contributed by atoms with Crippen molar-refractivity contribution in [2.24, 2.45) is 0 Å². The molecule has 1 atom stereocenters. The minimum Gasteiger partial charge on any atom is -0.445 e. The molecular weight excluding hydrogens is 248 g/mol. The van der Waals surface area contributed by atoms with Crippen molar-refractivity contribution in [3.05, 3.63) is 53.2 Å². The van der Waals surface area contributed by atoms with Crippen LogP contribution < -0.4 is 5.32 Å². The lowest BCUT2D eigenvalue weighted by atomic mass is 9.71. The van der Waals surface area contributed by atoms with Crippen molar-refractivity contribution in [1.82, 2.24) is 10.3 Å². The van der Waals surface area contributed by atoms with E-state index in [0.717, 1.165) is 18.1 Å². The Hall–Kier alpha value is -1.61. The zero-order valence-electron chi connectivity index (χ0n) is 12.4. The second kappa shape index (κ2) is 5.06. The predicted molar refractivity (Wildman–Crippen MR) is 79.5 cm³/mol. The highest BCUT2D eigenvalue weighted by Crippen LogP contribution is 2.41. The third-order valence-electron chi connectivity index (χ3n) is 4.29. The van der Waals surface area contributed by atoms with E-state index in [0.29, 0.717) is 12.6 Å². The lowest BCUT2D eigenvalue weighted by Crippen LogP contribution is -2.32. The number of oxazole rings is 1. The molecule has 0 saturated carbocycles. The Bertz CT molecular complexity index is 601. The van der Waals surface area contributed by atoms with E-state index in [-0.39, 0.29) is 5.41 Å². The Labute approximate surface area is 120 Å². The summed E-state index contributed by atoms with van der Waals surface area (Å²) >= 11 is 0. The molecule has 3 heteroatoms. The van der Waals surface area contributed by atoms with Gasteiger partial charge < -0.3 is 9.73 Å². The number of hydrogen-bond acceptors (Lipinski definition) is 3. The van der Waals surface area contributed by atoms with Gasteiger partial charge in [-0.2, -0.15) is 0 Å². The summed E-state index contributed by atoms with van der Waals surface area (Å²) in [6.07, 6.45) is 4.13. The Morgan fingerprint density at radius 1 is 1.35 bits per heavy atom. The van der Waals surface area contributed by atoms with Crippen molar-refractivity contribution in [1.29, 1.82) is 0 Å². The van der Waals surface area contributed by atoms with Gasteiger partial charge >= 0.3 is 0 Å². The van der Waals surface area contributed by atoms with E-state index in [1.165, 1.54) is 17.5 Å². The number of aromatic nitrogens is 1. The van der Waals surface area contributed by atoms with Gasteiger partial charge in [-0.1, -0.05) is 38.1 Å². The van der Waals surface area contributed by atoms with Crippen LogP contribution in [0.4, 0.5) is 0 Å². The summed E-state index contributed by atoms with van der Waals surface area (Å²) in [5.41, 5.74) is 3.16. The summed E-state index contributed by atoms with van der Waals surface area (Å²) in [6.45, 7) is 7.28. The molecule has 1 heterocycles. The van der Waals surface area contributed by atoms with E-state index < -0.39 is 0 Å². The summed E-state index contributed by atoms with van der Waals surface area (Å²) in [4.78, 5) is 4.26. The summed E-state index contributed by atoms with van der Waals surface area (Å²) in [5.74, 6) is 1.64. The fourth-order valence-corrected chi connectivity index (χ4v) is 3.12. The minimum absolute atomic E-state index is 0.272. The topological polar surface area (TPSA) is 38.1 Å². The number of benzene rings is 1. The van der Waals surface area contributed by atoms with Gasteiger partial charge in [0.1, 0.15) is 5.76 Å². The van der Waals surface area contributed by atoms with Gasteiger partial charge in [-0.15, -0.1) is 0 Å². The van der Waals surface area contributed by atoms with E-state index in [9.17, 15) is 0 Å². The molecule has 1 aliphatic rings. The van der Waals surface area contributed by atoms with Crippen LogP contribution in [-0.4, -0.2) is 4.98 Å². The maximum Gasteiger partial charge on any atom is 0.208 e. The molecule has 1 N–H and O–H groups in total. The van der Waals surface area contributed by atoms with Crippen LogP contribution >= 0.6 is 0 Å². The van der Waals surface area contributed by atoms with Crippen molar-refractivity contribution in [2.45, 2.75) is 51.6 Å². The molecule has 0 amide bonds. The molecule has 3 nitrogen and oxygen atoms in total. The van der Waals surface area contributed by atoms with Crippen LogP contribution in [0.2, 0.25) is 0 Å². The van der Waals surface area contributed by atoms with Gasteiger partial charge in [0.05, 0.1) is 12.7 Å². The average Bonchev–Trinajstić information content (AvgIpc) is 2.84. The van der Waals surface area contributed by atoms with E-state index in [1.54, 1.807) is 6.20 Å². The second-order valence-corrected chi connectivity index (χ2v) is 6.31. The molecule has 0 radical (unpaired) electrons. The zero-order chi connectivity index (χ0) is 14.2. The summed E-state index contributed by atoms with van der Waals surface area (Å²) < 4.78 is 5.53. The van der Waals surface area contributed by atoms with Gasteiger partial charge in [0.25, 0.3) is 0 Å². The van der Waals surface area contributed by atoms with Gasteiger partial charge in [-0.3, -0.25) is 0 Å². The Morgan fingerprint density at radius 3 is 2.90 bits per heavy atom. The summed E-state index contributed by atoms with van der Waals surface area (Å²) in [7, 11) is 0. The highest BCUT2D eigenvalue weighted by Gasteiger charge is 2.31. The highest BCUT2D eigenvalue weighted by molar-refractivity contribution is 5.38. The van der Waals surface area contributed by atoms with Gasteiger partial charge in [0.2, 0.25) is 5.89 Å². The quantitative estimate of drug-likeness (QED) is 0.919. The smallest absolute Gasteiger partial charge is 0.208 e. The van der Waals surface area contributed by atoms with E-state index in [1.807, 2.05) is 6.92 Å². The first-order valence-corrected chi connectivity index (χ1v) is 7.30. The highest BCUT2D eigenvalue weighted by atomic mass is 16.4. The number of rotatable bonds is 3. The Kier molecular flexibility index (Phi) is 3.38. The Balaban J connectivity index is 1.78. The van der Waals surface area contributed by atoms with Crippen LogP contribution in [0.1, 0.15) is 55.5 Å². The second-order valence-electron chi connectivity index (χ2n) is 6.31. The van der Waals surface area contributed by atoms with Gasteiger partial charge in [0.15, 0.2) is 0 Å². The molecule has 0 spiro atoms. The molecule has 20 heavy (non-hydrogen) atoms. The van der Waals surface area contributed by atoms with E-state index in [4.69, 9.17) is 4.42 Å². The lowest BCUT2D eigenvalue weighted by molar-refractivity contribution is 0.343. The number of hydrogen-bond donors (Lipinski definition) is 1. The first-order valence-electron chi connectivity index (χ1n) is 7.30. The standard InChI is InChI=1S/C17H22N2O/c1-12-10-19-16(20-12)11-18-15-8-9-17(2,3)14-7-5-4-6-13(14)15/h4-7,10,15,18H,8-9,11H2,1-3H3. The first kappa shape index (κ1) is 13.4. The van der Waals surface area contributed by atoms with Gasteiger partial charge in [0, 0.05) is 6.04 Å². The molecule has 1 aromatic carbocycles. The molecule has 0 bridgehead atoms. The molecule has 0 aliphatic heterocycles. The number of nitrogens with zero attached hydrogens (tertiary/aromatic N) is 1. The molecule has 106 valence electrons. The van der Waals surface area contributed by atoms with E-state index in [2.05, 4.69) is 48.4 Å². The van der Waals surface area contributed by atoms with Crippen LogP contribution in [0.25, 0.3) is 0 Å². The van der Waals surface area contributed by atoms with Crippen LogP contribution in [-0.2, 0) is 12.0 Å². The molecule has 1 aromatic heterocycles. The van der Waals surface area contributed by atoms with Crippen molar-refractivity contribution < 1.29 is 4.42 Å². The first-order chi connectivity index (χ1) is 9.56. The van der Waals surface area contributed by atoms with Crippen LogP contribution in [0.15, 0.2) is 34.9 Å². The van der Waals surface area contributed by atoms with Crippen LogP contribution in [0, 0.1) is 6.92 Å². The van der Waals surface area contributed by atoms with Crippen LogP contribution in [0.5, 0.6) is 0 Å². The Morgan fingerprint density at radius 2 is 2.15 bits per heavy atom. The number of aryl methyl sites for hydroxylation is 1. The summed E-state index contributed by atoms with van der Waals surface area (Å²) in [5, 5.41) is 3.59. The normalized spacial score (nSPS) is 20.6. The molecule has 1 aliphatic carbocycles. The third kappa shape index (κ3) is 2.50. The fraction of sp³-hybridized carbons (Fsp3) is 0.471. The van der Waals surface area contributed by atoms with Crippen LogP contribution in [0.3, 0.4) is 0 Å². The monoisotopic (exact) mass is 270 g/mol. The number of fused-ring (bicyclic) bond motifs is 1. The van der Waals surface area contributed by atoms with Crippen molar-refractivity contribution in [3.63, 3.8) is 0 Å². The largest absolute Gasteiger partial charge is 0.445 e. The maximum atomic E-state index is 5.53. The van der Waals surface area contributed by atoms with E-state index >= 15 is 0 Å². The fourth-order valence-electron chi connectivity index (χ4n) is 3.12. The van der Waals surface area contributed by atoms with Gasteiger partial charge in [-0.05, 0) is 36.3 Å². The zero-order valence-corrected chi connectivity index (χ0v) is 12.4. The average molecular weight is 270 g/mol. The molecule has 1 unspecified atom stereocenters. The molecular formula is C17H22N2O. The molecule has 3 rings (SSSR count). The summed E-state index contributed by atoms with van der Waals surface area (Å²) in [6, 6.07) is 9.17. The predicted octanol–water partition coefficient (Wildman–Crippen LogP) is 3.89. The minimum atomic E-state index is 0.272. The molecule has 2 aromatic rings. The maximum absolute atomic E-state index is 5.53. The van der Waals surface area contributed by atoms with Crippen molar-refractivity contribution in [3.8, 4) is 0 Å². The SMILES string of the molecule is Cc1cnc(CNC2CCC(C)(C)c3ccccc32)o1. The van der Waals surface area contributed by atoms with Crippen molar-refractivity contribution >= 4 is 0 Å². The van der Waals surface area contributed by atoms with Gasteiger partial charge in [-0.25, -0.2) is 4.98 Å². The third-order valence-corrected chi connectivity index (χ3v) is 4.29. The number of nitrogens with one attached hydrogen (secondary N) is 1.